The Kier molecular flexibility index (Phi) is 5.51. The molecule has 5 nitrogen and oxygen atoms in total. The average molecular weight is 317 g/mol. The highest BCUT2D eigenvalue weighted by molar-refractivity contribution is 5.77. The summed E-state index contributed by atoms with van der Waals surface area (Å²) in [4.78, 5) is 17.2. The standard InChI is InChI=1S/C18H27N3O2/c1-23-17-7-3-2-6-15(17)16-14-19-9-13-21(16)18(22)8-12-20-10-4-5-11-20/h2-3,6-7,16,19H,4-5,8-14H2,1H3/t16-/m0/s1. The summed E-state index contributed by atoms with van der Waals surface area (Å²) in [5.41, 5.74) is 1.09. The maximum absolute atomic E-state index is 12.8. The van der Waals surface area contributed by atoms with Gasteiger partial charge in [-0.15, -0.1) is 0 Å². The predicted molar refractivity (Wildman–Crippen MR) is 90.6 cm³/mol. The average Bonchev–Trinajstić information content (AvgIpc) is 3.13. The van der Waals surface area contributed by atoms with E-state index in [0.29, 0.717) is 6.42 Å². The number of hydrogen-bond donors (Lipinski definition) is 1. The molecule has 2 aliphatic rings. The molecule has 2 fully saturated rings. The van der Waals surface area contributed by atoms with Crippen LogP contribution >= 0.6 is 0 Å². The van der Waals surface area contributed by atoms with Crippen molar-refractivity contribution in [2.75, 3.05) is 46.4 Å². The molecule has 2 aliphatic heterocycles. The molecule has 2 heterocycles. The third-order valence-electron chi connectivity index (χ3n) is 4.90. The third-order valence-corrected chi connectivity index (χ3v) is 4.90. The number of benzene rings is 1. The Hall–Kier alpha value is -1.59. The Morgan fingerprint density at radius 3 is 2.83 bits per heavy atom. The number of amides is 1. The zero-order valence-corrected chi connectivity index (χ0v) is 14.0. The highest BCUT2D eigenvalue weighted by Gasteiger charge is 2.29. The van der Waals surface area contributed by atoms with Gasteiger partial charge in [0.2, 0.25) is 5.91 Å². The minimum Gasteiger partial charge on any atom is -0.496 e. The van der Waals surface area contributed by atoms with Crippen LogP contribution in [0.15, 0.2) is 24.3 Å². The first-order chi connectivity index (χ1) is 11.3. The van der Waals surface area contributed by atoms with Gasteiger partial charge >= 0.3 is 0 Å². The number of para-hydroxylation sites is 1. The Morgan fingerprint density at radius 2 is 2.04 bits per heavy atom. The molecule has 1 atom stereocenters. The Labute approximate surface area is 138 Å². The van der Waals surface area contributed by atoms with Gasteiger partial charge in [0.1, 0.15) is 5.75 Å². The minimum absolute atomic E-state index is 0.0611. The quantitative estimate of drug-likeness (QED) is 0.897. The van der Waals surface area contributed by atoms with Gasteiger partial charge in [-0.05, 0) is 32.0 Å². The molecule has 3 rings (SSSR count). The lowest BCUT2D eigenvalue weighted by molar-refractivity contribution is -0.134. The molecular weight excluding hydrogens is 290 g/mol. The monoisotopic (exact) mass is 317 g/mol. The first-order valence-corrected chi connectivity index (χ1v) is 8.65. The van der Waals surface area contributed by atoms with Crippen LogP contribution in [0.4, 0.5) is 0 Å². The molecule has 1 aromatic rings. The molecule has 0 unspecified atom stereocenters. The van der Waals surface area contributed by atoms with Crippen LogP contribution in [0.3, 0.4) is 0 Å². The largest absolute Gasteiger partial charge is 0.496 e. The number of ether oxygens (including phenoxy) is 1. The predicted octanol–water partition coefficient (Wildman–Crippen LogP) is 1.65. The number of rotatable bonds is 5. The lowest BCUT2D eigenvalue weighted by Gasteiger charge is -2.37. The van der Waals surface area contributed by atoms with Crippen molar-refractivity contribution in [3.63, 3.8) is 0 Å². The normalized spacial score (nSPS) is 22.3. The first-order valence-electron chi connectivity index (χ1n) is 8.65. The van der Waals surface area contributed by atoms with Gasteiger partial charge in [-0.1, -0.05) is 18.2 Å². The summed E-state index contributed by atoms with van der Waals surface area (Å²) in [6.45, 7) is 5.59. The number of nitrogens with zero attached hydrogens (tertiary/aromatic N) is 2. The second kappa shape index (κ2) is 7.79. The number of hydrogen-bond acceptors (Lipinski definition) is 4. The third kappa shape index (κ3) is 3.85. The van der Waals surface area contributed by atoms with Crippen molar-refractivity contribution in [1.29, 1.82) is 0 Å². The topological polar surface area (TPSA) is 44.8 Å². The van der Waals surface area contributed by atoms with Crippen LogP contribution in [0.25, 0.3) is 0 Å². The van der Waals surface area contributed by atoms with Gasteiger partial charge < -0.3 is 19.9 Å². The van der Waals surface area contributed by atoms with Crippen LogP contribution in [-0.2, 0) is 4.79 Å². The van der Waals surface area contributed by atoms with Crippen LogP contribution in [-0.4, -0.2) is 62.1 Å². The number of carbonyl (C=O) groups is 1. The van der Waals surface area contributed by atoms with Crippen molar-refractivity contribution < 1.29 is 9.53 Å². The molecule has 5 heteroatoms. The zero-order valence-electron chi connectivity index (χ0n) is 14.0. The van der Waals surface area contributed by atoms with Gasteiger partial charge in [-0.3, -0.25) is 4.79 Å². The van der Waals surface area contributed by atoms with E-state index in [1.54, 1.807) is 7.11 Å². The van der Waals surface area contributed by atoms with E-state index in [2.05, 4.69) is 16.3 Å². The fourth-order valence-electron chi connectivity index (χ4n) is 3.63. The highest BCUT2D eigenvalue weighted by atomic mass is 16.5. The second-order valence-electron chi connectivity index (χ2n) is 6.35. The van der Waals surface area contributed by atoms with E-state index in [4.69, 9.17) is 4.74 Å². The summed E-state index contributed by atoms with van der Waals surface area (Å²) in [6.07, 6.45) is 3.16. The van der Waals surface area contributed by atoms with E-state index in [1.165, 1.54) is 12.8 Å². The number of carbonyl (C=O) groups excluding carboxylic acids is 1. The number of nitrogens with one attached hydrogen (secondary N) is 1. The van der Waals surface area contributed by atoms with Crippen molar-refractivity contribution in [2.45, 2.75) is 25.3 Å². The van der Waals surface area contributed by atoms with Gasteiger partial charge in [-0.2, -0.15) is 0 Å². The molecule has 0 saturated carbocycles. The minimum atomic E-state index is 0.0611. The van der Waals surface area contributed by atoms with Crippen molar-refractivity contribution in [3.05, 3.63) is 29.8 Å². The van der Waals surface area contributed by atoms with Crippen LogP contribution in [0.2, 0.25) is 0 Å². The van der Waals surface area contributed by atoms with Crippen LogP contribution < -0.4 is 10.1 Å². The molecule has 2 saturated heterocycles. The molecule has 1 N–H and O–H groups in total. The zero-order chi connectivity index (χ0) is 16.1. The molecule has 0 bridgehead atoms. The van der Waals surface area contributed by atoms with Crippen molar-refractivity contribution in [1.82, 2.24) is 15.1 Å². The van der Waals surface area contributed by atoms with Crippen molar-refractivity contribution >= 4 is 5.91 Å². The highest BCUT2D eigenvalue weighted by Crippen LogP contribution is 2.30. The van der Waals surface area contributed by atoms with Gasteiger partial charge in [0.25, 0.3) is 0 Å². The summed E-state index contributed by atoms with van der Waals surface area (Å²) in [5, 5.41) is 3.41. The van der Waals surface area contributed by atoms with E-state index in [-0.39, 0.29) is 11.9 Å². The number of likely N-dealkylation sites (tertiary alicyclic amines) is 1. The molecule has 126 valence electrons. The first kappa shape index (κ1) is 16.3. The Balaban J connectivity index is 1.69. The molecule has 0 aliphatic carbocycles. The molecule has 1 aromatic carbocycles. The molecule has 0 aromatic heterocycles. The van der Waals surface area contributed by atoms with Gasteiger partial charge in [0, 0.05) is 38.2 Å². The van der Waals surface area contributed by atoms with Crippen molar-refractivity contribution in [2.24, 2.45) is 0 Å². The molecule has 1 amide bonds. The van der Waals surface area contributed by atoms with Gasteiger partial charge in [0.05, 0.1) is 13.2 Å². The molecule has 0 spiro atoms. The van der Waals surface area contributed by atoms with E-state index >= 15 is 0 Å². The summed E-state index contributed by atoms with van der Waals surface area (Å²) < 4.78 is 5.49. The van der Waals surface area contributed by atoms with E-state index in [9.17, 15) is 4.79 Å². The SMILES string of the molecule is COc1ccccc1[C@@H]1CNCCN1C(=O)CCN1CCCC1. The summed E-state index contributed by atoms with van der Waals surface area (Å²) in [5.74, 6) is 1.12. The lowest BCUT2D eigenvalue weighted by atomic mass is 10.0. The summed E-state index contributed by atoms with van der Waals surface area (Å²) >= 11 is 0. The van der Waals surface area contributed by atoms with Gasteiger partial charge in [0.15, 0.2) is 0 Å². The Bertz CT molecular complexity index is 529. The maximum Gasteiger partial charge on any atom is 0.224 e. The van der Waals surface area contributed by atoms with E-state index in [0.717, 1.165) is 50.6 Å². The van der Waals surface area contributed by atoms with E-state index < -0.39 is 0 Å². The lowest BCUT2D eigenvalue weighted by Crippen LogP contribution is -2.49. The van der Waals surface area contributed by atoms with Crippen LogP contribution in [0.1, 0.15) is 30.9 Å². The maximum atomic E-state index is 12.8. The smallest absolute Gasteiger partial charge is 0.224 e. The molecule has 0 radical (unpaired) electrons. The second-order valence-corrected chi connectivity index (χ2v) is 6.35. The fourth-order valence-corrected chi connectivity index (χ4v) is 3.63. The molecule has 23 heavy (non-hydrogen) atoms. The fraction of sp³-hybridized carbons (Fsp3) is 0.611. The number of piperazine rings is 1. The van der Waals surface area contributed by atoms with Gasteiger partial charge in [-0.25, -0.2) is 0 Å². The van der Waals surface area contributed by atoms with Crippen LogP contribution in [0, 0.1) is 0 Å². The van der Waals surface area contributed by atoms with Crippen LogP contribution in [0.5, 0.6) is 5.75 Å². The summed E-state index contributed by atoms with van der Waals surface area (Å²) in [7, 11) is 1.69. The van der Waals surface area contributed by atoms with Crippen molar-refractivity contribution in [3.8, 4) is 5.75 Å². The van der Waals surface area contributed by atoms with E-state index in [1.807, 2.05) is 23.1 Å². The molecular formula is C18H27N3O2. The Morgan fingerprint density at radius 1 is 1.26 bits per heavy atom. The summed E-state index contributed by atoms with van der Waals surface area (Å²) in [6, 6.07) is 8.08. The number of methoxy groups -OCH3 is 1.